The molecule has 1 aromatic rings. The molecule has 0 bridgehead atoms. The summed E-state index contributed by atoms with van der Waals surface area (Å²) in [4.78, 5) is 1.30. The average Bonchev–Trinajstić information content (AvgIpc) is 2.76. The van der Waals surface area contributed by atoms with Gasteiger partial charge in [0.25, 0.3) is 0 Å². The first kappa shape index (κ1) is 13.4. The summed E-state index contributed by atoms with van der Waals surface area (Å²) >= 11 is 1.74. The van der Waals surface area contributed by atoms with Crippen molar-refractivity contribution in [2.75, 3.05) is 6.61 Å². The fraction of sp³-hybridized carbons (Fsp3) is 0.538. The summed E-state index contributed by atoms with van der Waals surface area (Å²) < 4.78 is 0. The third kappa shape index (κ3) is 3.74. The SMILES string of the molecule is C=CC[C@H](N[C@H](CO)C(C)C)c1cccs1. The Bertz CT molecular complexity index is 295. The van der Waals surface area contributed by atoms with Crippen LogP contribution in [0.5, 0.6) is 0 Å². The summed E-state index contributed by atoms with van der Waals surface area (Å²) in [6.45, 7) is 8.20. The third-order valence-electron chi connectivity index (χ3n) is 2.71. The van der Waals surface area contributed by atoms with Gasteiger partial charge in [0, 0.05) is 17.0 Å². The van der Waals surface area contributed by atoms with Crippen LogP contribution in [0.3, 0.4) is 0 Å². The molecule has 0 spiro atoms. The van der Waals surface area contributed by atoms with Gasteiger partial charge in [-0.3, -0.25) is 0 Å². The first-order chi connectivity index (χ1) is 7.69. The first-order valence-electron chi connectivity index (χ1n) is 5.70. The van der Waals surface area contributed by atoms with Crippen molar-refractivity contribution < 1.29 is 5.11 Å². The number of thiophene rings is 1. The van der Waals surface area contributed by atoms with Crippen LogP contribution in [-0.4, -0.2) is 17.8 Å². The Balaban J connectivity index is 2.67. The highest BCUT2D eigenvalue weighted by molar-refractivity contribution is 7.10. The second kappa shape index (κ2) is 6.84. The molecule has 0 saturated carbocycles. The van der Waals surface area contributed by atoms with Gasteiger partial charge in [0.15, 0.2) is 0 Å². The minimum Gasteiger partial charge on any atom is -0.395 e. The molecule has 1 aromatic heterocycles. The van der Waals surface area contributed by atoms with E-state index in [-0.39, 0.29) is 18.7 Å². The Labute approximate surface area is 102 Å². The molecule has 0 amide bonds. The Morgan fingerprint density at radius 3 is 2.75 bits per heavy atom. The van der Waals surface area contributed by atoms with Gasteiger partial charge in [0.2, 0.25) is 0 Å². The van der Waals surface area contributed by atoms with Gasteiger partial charge in [0.05, 0.1) is 6.61 Å². The standard InChI is InChI=1S/C13H21NOS/c1-4-6-11(13-7-5-8-16-13)14-12(9-15)10(2)3/h4-5,7-8,10-12,14-15H,1,6,9H2,2-3H3/t11-,12+/m0/s1. The van der Waals surface area contributed by atoms with Crippen LogP contribution in [0.1, 0.15) is 31.2 Å². The largest absolute Gasteiger partial charge is 0.395 e. The van der Waals surface area contributed by atoms with Crippen molar-refractivity contribution in [1.82, 2.24) is 5.32 Å². The van der Waals surface area contributed by atoms with Gasteiger partial charge >= 0.3 is 0 Å². The average molecular weight is 239 g/mol. The molecule has 2 nitrogen and oxygen atoms in total. The van der Waals surface area contributed by atoms with Gasteiger partial charge in [-0.25, -0.2) is 0 Å². The summed E-state index contributed by atoms with van der Waals surface area (Å²) in [5.41, 5.74) is 0. The highest BCUT2D eigenvalue weighted by Crippen LogP contribution is 2.23. The maximum absolute atomic E-state index is 9.33. The van der Waals surface area contributed by atoms with Crippen LogP contribution in [-0.2, 0) is 0 Å². The molecule has 3 heteroatoms. The fourth-order valence-electron chi connectivity index (χ4n) is 1.64. The molecule has 0 unspecified atom stereocenters. The van der Waals surface area contributed by atoms with Crippen LogP contribution < -0.4 is 5.32 Å². The molecular weight excluding hydrogens is 218 g/mol. The number of aliphatic hydroxyl groups excluding tert-OH is 1. The normalized spacial score (nSPS) is 15.0. The summed E-state index contributed by atoms with van der Waals surface area (Å²) in [6, 6.07) is 4.60. The summed E-state index contributed by atoms with van der Waals surface area (Å²) in [5.74, 6) is 0.428. The van der Waals surface area contributed by atoms with E-state index >= 15 is 0 Å². The molecule has 0 aliphatic rings. The molecule has 2 atom stereocenters. The zero-order valence-corrected chi connectivity index (χ0v) is 10.8. The molecule has 2 N–H and O–H groups in total. The zero-order valence-electron chi connectivity index (χ0n) is 10.0. The number of hydrogen-bond acceptors (Lipinski definition) is 3. The van der Waals surface area contributed by atoms with Gasteiger partial charge in [-0.05, 0) is 23.8 Å². The van der Waals surface area contributed by atoms with Crippen molar-refractivity contribution >= 4 is 11.3 Å². The monoisotopic (exact) mass is 239 g/mol. The van der Waals surface area contributed by atoms with Gasteiger partial charge < -0.3 is 10.4 Å². The minimum absolute atomic E-state index is 0.145. The van der Waals surface area contributed by atoms with E-state index in [1.54, 1.807) is 11.3 Å². The second-order valence-electron chi connectivity index (χ2n) is 4.29. The first-order valence-corrected chi connectivity index (χ1v) is 6.58. The molecular formula is C13H21NOS. The molecule has 0 fully saturated rings. The Morgan fingerprint density at radius 1 is 1.56 bits per heavy atom. The van der Waals surface area contributed by atoms with Gasteiger partial charge in [-0.2, -0.15) is 0 Å². The topological polar surface area (TPSA) is 32.3 Å². The van der Waals surface area contributed by atoms with Crippen LogP contribution in [0.15, 0.2) is 30.2 Å². The van der Waals surface area contributed by atoms with E-state index in [2.05, 4.69) is 43.3 Å². The predicted octanol–water partition coefficient (Wildman–Crippen LogP) is 2.97. The number of hydrogen-bond donors (Lipinski definition) is 2. The van der Waals surface area contributed by atoms with E-state index in [1.165, 1.54) is 4.88 Å². The lowest BCUT2D eigenvalue weighted by atomic mass is 10.0. The minimum atomic E-state index is 0.145. The summed E-state index contributed by atoms with van der Waals surface area (Å²) in [5, 5.41) is 14.9. The summed E-state index contributed by atoms with van der Waals surface area (Å²) in [7, 11) is 0. The van der Waals surface area contributed by atoms with Crippen molar-refractivity contribution in [3.8, 4) is 0 Å². The van der Waals surface area contributed by atoms with Crippen LogP contribution in [0.25, 0.3) is 0 Å². The quantitative estimate of drug-likeness (QED) is 0.717. The van der Waals surface area contributed by atoms with E-state index < -0.39 is 0 Å². The predicted molar refractivity (Wildman–Crippen MR) is 70.7 cm³/mol. The molecule has 0 aliphatic heterocycles. The van der Waals surface area contributed by atoms with Crippen molar-refractivity contribution in [1.29, 1.82) is 0 Å². The van der Waals surface area contributed by atoms with E-state index in [0.717, 1.165) is 6.42 Å². The maximum Gasteiger partial charge on any atom is 0.0587 e. The van der Waals surface area contributed by atoms with Gasteiger partial charge in [-0.1, -0.05) is 26.0 Å². The lowest BCUT2D eigenvalue weighted by Gasteiger charge is -2.25. The number of nitrogens with one attached hydrogen (secondary N) is 1. The molecule has 0 aromatic carbocycles. The van der Waals surface area contributed by atoms with Crippen LogP contribution in [0.2, 0.25) is 0 Å². The Hall–Kier alpha value is -0.640. The van der Waals surface area contributed by atoms with Gasteiger partial charge in [0.1, 0.15) is 0 Å². The van der Waals surface area contributed by atoms with Gasteiger partial charge in [-0.15, -0.1) is 17.9 Å². The number of rotatable bonds is 7. The van der Waals surface area contributed by atoms with Crippen LogP contribution in [0.4, 0.5) is 0 Å². The smallest absolute Gasteiger partial charge is 0.0587 e. The van der Waals surface area contributed by atoms with Crippen LogP contribution >= 0.6 is 11.3 Å². The second-order valence-corrected chi connectivity index (χ2v) is 5.27. The highest BCUT2D eigenvalue weighted by Gasteiger charge is 2.18. The van der Waals surface area contributed by atoms with Crippen molar-refractivity contribution in [2.24, 2.45) is 5.92 Å². The molecule has 0 radical (unpaired) electrons. The van der Waals surface area contributed by atoms with Crippen molar-refractivity contribution in [3.63, 3.8) is 0 Å². The van der Waals surface area contributed by atoms with Crippen LogP contribution in [0, 0.1) is 5.92 Å². The van der Waals surface area contributed by atoms with E-state index in [9.17, 15) is 5.11 Å². The lowest BCUT2D eigenvalue weighted by molar-refractivity contribution is 0.199. The zero-order chi connectivity index (χ0) is 12.0. The Kier molecular flexibility index (Phi) is 5.74. The maximum atomic E-state index is 9.33. The Morgan fingerprint density at radius 2 is 2.31 bits per heavy atom. The fourth-order valence-corrected chi connectivity index (χ4v) is 2.44. The van der Waals surface area contributed by atoms with E-state index in [4.69, 9.17) is 0 Å². The van der Waals surface area contributed by atoms with E-state index in [0.29, 0.717) is 5.92 Å². The summed E-state index contributed by atoms with van der Waals surface area (Å²) in [6.07, 6.45) is 2.82. The molecule has 1 rings (SSSR count). The molecule has 0 saturated heterocycles. The van der Waals surface area contributed by atoms with Crippen molar-refractivity contribution in [2.45, 2.75) is 32.4 Å². The lowest BCUT2D eigenvalue weighted by Crippen LogP contribution is -2.39. The molecule has 90 valence electrons. The molecule has 0 aliphatic carbocycles. The van der Waals surface area contributed by atoms with E-state index in [1.807, 2.05) is 6.08 Å². The van der Waals surface area contributed by atoms with Crippen molar-refractivity contribution in [3.05, 3.63) is 35.0 Å². The highest BCUT2D eigenvalue weighted by atomic mass is 32.1. The third-order valence-corrected chi connectivity index (χ3v) is 3.69. The molecule has 1 heterocycles. The molecule has 16 heavy (non-hydrogen) atoms. The number of aliphatic hydroxyl groups is 1.